The summed E-state index contributed by atoms with van der Waals surface area (Å²) in [4.78, 5) is 12.2. The second-order valence-corrected chi connectivity index (χ2v) is 6.83. The minimum absolute atomic E-state index is 0.302. The van der Waals surface area contributed by atoms with Crippen LogP contribution in [0.2, 0.25) is 0 Å². The molecular formula is C16H19BrO. The summed E-state index contributed by atoms with van der Waals surface area (Å²) in [6, 6.07) is 4.29. The van der Waals surface area contributed by atoms with Gasteiger partial charge in [-0.15, -0.1) is 0 Å². The average molecular weight is 307 g/mol. The predicted octanol–water partition coefficient (Wildman–Crippen LogP) is 4.94. The molecule has 0 radical (unpaired) electrons. The summed E-state index contributed by atoms with van der Waals surface area (Å²) in [6.45, 7) is 2.07. The predicted molar refractivity (Wildman–Crippen MR) is 77.2 cm³/mol. The number of Topliss-reactive ketones (excluding diaryl/α,β-unsaturated/α-hetero) is 1. The van der Waals surface area contributed by atoms with Crippen LogP contribution in [0.15, 0.2) is 16.6 Å². The van der Waals surface area contributed by atoms with E-state index >= 15 is 0 Å². The van der Waals surface area contributed by atoms with Crippen LogP contribution in [0, 0.1) is 6.92 Å². The van der Waals surface area contributed by atoms with Gasteiger partial charge in [-0.05, 0) is 54.9 Å². The van der Waals surface area contributed by atoms with Crippen LogP contribution < -0.4 is 0 Å². The number of carbonyl (C=O) groups is 1. The van der Waals surface area contributed by atoms with Gasteiger partial charge in [-0.25, -0.2) is 0 Å². The number of carbonyl (C=O) groups excluding carboxylic acids is 1. The molecule has 2 heteroatoms. The molecule has 0 saturated heterocycles. The third kappa shape index (κ3) is 1.85. The van der Waals surface area contributed by atoms with Crippen molar-refractivity contribution in [2.75, 3.05) is 0 Å². The summed E-state index contributed by atoms with van der Waals surface area (Å²) in [7, 11) is 0. The Morgan fingerprint density at radius 2 is 1.83 bits per heavy atom. The van der Waals surface area contributed by atoms with Gasteiger partial charge in [0.05, 0.1) is 0 Å². The number of fused-ring (bicyclic) bond motifs is 2. The molecular weight excluding hydrogens is 288 g/mol. The molecule has 1 spiro atoms. The van der Waals surface area contributed by atoms with Crippen LogP contribution in [0.25, 0.3) is 0 Å². The average Bonchev–Trinajstić information content (AvgIpc) is 2.35. The number of halogens is 1. The maximum Gasteiger partial charge on any atom is 0.163 e. The first-order valence-electron chi connectivity index (χ1n) is 6.96. The lowest BCUT2D eigenvalue weighted by atomic mass is 9.62. The zero-order valence-corrected chi connectivity index (χ0v) is 12.5. The topological polar surface area (TPSA) is 17.1 Å². The summed E-state index contributed by atoms with van der Waals surface area (Å²) >= 11 is 3.60. The van der Waals surface area contributed by atoms with E-state index < -0.39 is 0 Å². The summed E-state index contributed by atoms with van der Waals surface area (Å²) in [6.07, 6.45) is 8.34. The molecule has 3 rings (SSSR count). The number of rotatable bonds is 0. The molecule has 0 aliphatic heterocycles. The van der Waals surface area contributed by atoms with Gasteiger partial charge in [0.2, 0.25) is 0 Å². The summed E-state index contributed by atoms with van der Waals surface area (Å²) in [5, 5.41) is 0. The lowest BCUT2D eigenvalue weighted by Crippen LogP contribution is -2.35. The molecule has 1 fully saturated rings. The van der Waals surface area contributed by atoms with Gasteiger partial charge in [-0.3, -0.25) is 4.79 Å². The minimum Gasteiger partial charge on any atom is -0.294 e. The van der Waals surface area contributed by atoms with Crippen molar-refractivity contribution < 1.29 is 4.79 Å². The number of aryl methyl sites for hydroxylation is 1. The fourth-order valence-corrected chi connectivity index (χ4v) is 4.46. The van der Waals surface area contributed by atoms with Crippen molar-refractivity contribution in [1.29, 1.82) is 0 Å². The van der Waals surface area contributed by atoms with Crippen LogP contribution >= 0.6 is 15.9 Å². The van der Waals surface area contributed by atoms with E-state index in [4.69, 9.17) is 0 Å². The van der Waals surface area contributed by atoms with Gasteiger partial charge in [-0.2, -0.15) is 0 Å². The van der Waals surface area contributed by atoms with Crippen LogP contribution in [0.3, 0.4) is 0 Å². The molecule has 2 aliphatic rings. The van der Waals surface area contributed by atoms with Crippen molar-refractivity contribution in [3.05, 3.63) is 33.3 Å². The fourth-order valence-electron chi connectivity index (χ4n) is 3.89. The molecule has 0 bridgehead atoms. The molecule has 1 nitrogen and oxygen atoms in total. The smallest absolute Gasteiger partial charge is 0.163 e. The molecule has 0 N–H and O–H groups in total. The molecule has 18 heavy (non-hydrogen) atoms. The number of hydrogen-bond acceptors (Lipinski definition) is 1. The van der Waals surface area contributed by atoms with E-state index in [1.165, 1.54) is 37.7 Å². The van der Waals surface area contributed by atoms with Crippen LogP contribution in [-0.4, -0.2) is 5.78 Å². The Labute approximate surface area is 117 Å². The van der Waals surface area contributed by atoms with E-state index in [-0.39, 0.29) is 0 Å². The Hall–Kier alpha value is -0.630. The quantitative estimate of drug-likeness (QED) is 0.664. The Balaban J connectivity index is 2.18. The first-order valence-corrected chi connectivity index (χ1v) is 7.76. The molecule has 0 amide bonds. The Kier molecular flexibility index (Phi) is 3.09. The van der Waals surface area contributed by atoms with Crippen LogP contribution in [0.5, 0.6) is 0 Å². The molecule has 1 saturated carbocycles. The van der Waals surface area contributed by atoms with Gasteiger partial charge in [0.1, 0.15) is 0 Å². The zero-order valence-electron chi connectivity index (χ0n) is 10.9. The van der Waals surface area contributed by atoms with E-state index in [1.54, 1.807) is 0 Å². The van der Waals surface area contributed by atoms with Crippen LogP contribution in [-0.2, 0) is 5.41 Å². The van der Waals surface area contributed by atoms with Crippen molar-refractivity contribution >= 4 is 21.7 Å². The first-order chi connectivity index (χ1) is 8.62. The van der Waals surface area contributed by atoms with E-state index in [2.05, 4.69) is 35.0 Å². The van der Waals surface area contributed by atoms with Gasteiger partial charge in [0.15, 0.2) is 5.78 Å². The van der Waals surface area contributed by atoms with Crippen molar-refractivity contribution in [2.45, 2.75) is 57.3 Å². The van der Waals surface area contributed by atoms with E-state index in [9.17, 15) is 4.79 Å². The molecule has 0 aromatic heterocycles. The Bertz CT molecular complexity index is 498. The lowest BCUT2D eigenvalue weighted by molar-refractivity contribution is 0.0938. The Morgan fingerprint density at radius 3 is 2.56 bits per heavy atom. The zero-order chi connectivity index (χ0) is 12.8. The summed E-state index contributed by atoms with van der Waals surface area (Å²) in [5.74, 6) is 0.353. The van der Waals surface area contributed by atoms with E-state index in [0.29, 0.717) is 11.2 Å². The fraction of sp³-hybridized carbons (Fsp3) is 0.562. The SMILES string of the molecule is Cc1cc(Br)cc2c1C(=O)CCC21CCCCC1. The second-order valence-electron chi connectivity index (χ2n) is 5.91. The van der Waals surface area contributed by atoms with Crippen molar-refractivity contribution in [3.8, 4) is 0 Å². The van der Waals surface area contributed by atoms with E-state index in [1.807, 2.05) is 0 Å². The lowest BCUT2D eigenvalue weighted by Gasteiger charge is -2.42. The second kappa shape index (κ2) is 4.48. The van der Waals surface area contributed by atoms with Crippen LogP contribution in [0.4, 0.5) is 0 Å². The maximum absolute atomic E-state index is 12.2. The molecule has 1 aromatic carbocycles. The number of ketones is 1. The first kappa shape index (κ1) is 12.4. The highest BCUT2D eigenvalue weighted by Crippen LogP contribution is 2.48. The van der Waals surface area contributed by atoms with Crippen molar-refractivity contribution in [2.24, 2.45) is 0 Å². The van der Waals surface area contributed by atoms with E-state index in [0.717, 1.165) is 28.4 Å². The summed E-state index contributed by atoms with van der Waals surface area (Å²) < 4.78 is 1.12. The highest BCUT2D eigenvalue weighted by atomic mass is 79.9. The van der Waals surface area contributed by atoms with Gasteiger partial charge in [0.25, 0.3) is 0 Å². The Morgan fingerprint density at radius 1 is 1.11 bits per heavy atom. The molecule has 0 atom stereocenters. The molecule has 2 aliphatic carbocycles. The van der Waals surface area contributed by atoms with Gasteiger partial charge in [0, 0.05) is 16.5 Å². The van der Waals surface area contributed by atoms with Crippen molar-refractivity contribution in [1.82, 2.24) is 0 Å². The highest BCUT2D eigenvalue weighted by Gasteiger charge is 2.40. The number of hydrogen-bond donors (Lipinski definition) is 0. The third-order valence-electron chi connectivity index (χ3n) is 4.79. The normalized spacial score (nSPS) is 22.0. The van der Waals surface area contributed by atoms with Gasteiger partial charge >= 0.3 is 0 Å². The van der Waals surface area contributed by atoms with Crippen molar-refractivity contribution in [3.63, 3.8) is 0 Å². The maximum atomic E-state index is 12.2. The van der Waals surface area contributed by atoms with Gasteiger partial charge in [-0.1, -0.05) is 35.2 Å². The monoisotopic (exact) mass is 306 g/mol. The highest BCUT2D eigenvalue weighted by molar-refractivity contribution is 9.10. The standard InChI is InChI=1S/C16H19BrO/c1-11-9-12(17)10-13-15(11)14(18)5-8-16(13)6-3-2-4-7-16/h9-10H,2-8H2,1H3. The molecule has 0 unspecified atom stereocenters. The molecule has 96 valence electrons. The largest absolute Gasteiger partial charge is 0.294 e. The minimum atomic E-state index is 0.302. The summed E-state index contributed by atoms with van der Waals surface area (Å²) in [5.41, 5.74) is 3.82. The van der Waals surface area contributed by atoms with Gasteiger partial charge < -0.3 is 0 Å². The molecule has 0 heterocycles. The third-order valence-corrected chi connectivity index (χ3v) is 5.25. The molecule has 1 aromatic rings. The van der Waals surface area contributed by atoms with Crippen LogP contribution in [0.1, 0.15) is 66.4 Å². The number of benzene rings is 1.